The van der Waals surface area contributed by atoms with Gasteiger partial charge in [0.25, 0.3) is 0 Å². The van der Waals surface area contributed by atoms with Crippen LogP contribution in [0.15, 0.2) is 30.3 Å². The number of rotatable bonds is 4. The van der Waals surface area contributed by atoms with Crippen LogP contribution in [0, 0.1) is 6.92 Å². The van der Waals surface area contributed by atoms with Crippen LogP contribution in [0.2, 0.25) is 0 Å². The first kappa shape index (κ1) is 14.5. The molecule has 0 radical (unpaired) electrons. The number of ketones is 1. The Morgan fingerprint density at radius 2 is 1.82 bits per heavy atom. The summed E-state index contributed by atoms with van der Waals surface area (Å²) in [5.74, 6) is 1.64. The van der Waals surface area contributed by atoms with E-state index < -0.39 is 0 Å². The van der Waals surface area contributed by atoms with E-state index in [0.29, 0.717) is 11.5 Å². The van der Waals surface area contributed by atoms with Gasteiger partial charge in [0.2, 0.25) is 5.95 Å². The summed E-state index contributed by atoms with van der Waals surface area (Å²) in [5.41, 5.74) is 2.52. The second-order valence-electron chi connectivity index (χ2n) is 5.64. The highest BCUT2D eigenvalue weighted by molar-refractivity contribution is 5.94. The molecule has 5 heteroatoms. The zero-order chi connectivity index (χ0) is 15.5. The number of Topliss-reactive ketones (excluding diaryl/α,β-unsaturated/α-hetero) is 1. The number of nitrogens with one attached hydrogen (secondary N) is 1. The van der Waals surface area contributed by atoms with Crippen LogP contribution in [0.3, 0.4) is 0 Å². The van der Waals surface area contributed by atoms with Gasteiger partial charge >= 0.3 is 0 Å². The molecule has 114 valence electrons. The molecule has 1 aromatic carbocycles. The van der Waals surface area contributed by atoms with E-state index in [2.05, 4.69) is 20.2 Å². The average Bonchev–Trinajstić information content (AvgIpc) is 3.01. The second kappa shape index (κ2) is 6.13. The van der Waals surface area contributed by atoms with Crippen LogP contribution < -0.4 is 10.2 Å². The Morgan fingerprint density at radius 3 is 2.45 bits per heavy atom. The first-order chi connectivity index (χ1) is 10.6. The van der Waals surface area contributed by atoms with Crippen LogP contribution in [0.1, 0.15) is 35.8 Å². The van der Waals surface area contributed by atoms with E-state index in [-0.39, 0.29) is 5.78 Å². The van der Waals surface area contributed by atoms with Crippen molar-refractivity contribution in [1.29, 1.82) is 0 Å². The van der Waals surface area contributed by atoms with Crippen molar-refractivity contribution in [3.63, 3.8) is 0 Å². The number of carbonyl (C=O) groups is 1. The van der Waals surface area contributed by atoms with Crippen molar-refractivity contribution in [2.45, 2.75) is 26.7 Å². The summed E-state index contributed by atoms with van der Waals surface area (Å²) in [6.07, 6.45) is 2.44. The molecule has 1 aromatic heterocycles. The van der Waals surface area contributed by atoms with Crippen LogP contribution in [0.5, 0.6) is 0 Å². The van der Waals surface area contributed by atoms with Gasteiger partial charge in [-0.25, -0.2) is 4.98 Å². The van der Waals surface area contributed by atoms with Crippen LogP contribution in [-0.4, -0.2) is 28.8 Å². The lowest BCUT2D eigenvalue weighted by Crippen LogP contribution is -2.19. The van der Waals surface area contributed by atoms with Gasteiger partial charge < -0.3 is 10.2 Å². The predicted octanol–water partition coefficient (Wildman–Crippen LogP) is 3.33. The molecule has 0 saturated carbocycles. The molecule has 0 unspecified atom stereocenters. The summed E-state index contributed by atoms with van der Waals surface area (Å²) in [5, 5.41) is 3.21. The number of aromatic nitrogens is 2. The van der Waals surface area contributed by atoms with Gasteiger partial charge in [-0.2, -0.15) is 4.98 Å². The standard InChI is InChI=1S/C17H20N4O/c1-12-11-16(21-9-3-4-10-21)20-17(18-12)19-15-7-5-14(6-8-15)13(2)22/h5-8,11H,3-4,9-10H2,1-2H3,(H,18,19,20). The minimum absolute atomic E-state index is 0.0645. The van der Waals surface area contributed by atoms with Crippen molar-refractivity contribution < 1.29 is 4.79 Å². The van der Waals surface area contributed by atoms with Gasteiger partial charge in [0, 0.05) is 36.1 Å². The summed E-state index contributed by atoms with van der Waals surface area (Å²) >= 11 is 0. The Hall–Kier alpha value is -2.43. The third-order valence-electron chi connectivity index (χ3n) is 3.82. The van der Waals surface area contributed by atoms with Crippen molar-refractivity contribution in [3.05, 3.63) is 41.6 Å². The number of hydrogen-bond donors (Lipinski definition) is 1. The van der Waals surface area contributed by atoms with Crippen molar-refractivity contribution >= 4 is 23.2 Å². The van der Waals surface area contributed by atoms with Crippen LogP contribution in [0.25, 0.3) is 0 Å². The molecule has 2 aromatic rings. The van der Waals surface area contributed by atoms with Gasteiger partial charge in [0.1, 0.15) is 5.82 Å². The van der Waals surface area contributed by atoms with Gasteiger partial charge in [0.05, 0.1) is 0 Å². The fourth-order valence-corrected chi connectivity index (χ4v) is 2.63. The molecule has 0 bridgehead atoms. The second-order valence-corrected chi connectivity index (χ2v) is 5.64. The summed E-state index contributed by atoms with van der Waals surface area (Å²) in [6, 6.07) is 9.38. The van der Waals surface area contributed by atoms with Gasteiger partial charge in [-0.3, -0.25) is 4.79 Å². The van der Waals surface area contributed by atoms with Crippen molar-refractivity contribution in [1.82, 2.24) is 9.97 Å². The van der Waals surface area contributed by atoms with E-state index in [1.54, 1.807) is 6.92 Å². The monoisotopic (exact) mass is 296 g/mol. The molecule has 0 aliphatic carbocycles. The van der Waals surface area contributed by atoms with Crippen molar-refractivity contribution in [3.8, 4) is 0 Å². The third-order valence-corrected chi connectivity index (χ3v) is 3.82. The molecule has 3 rings (SSSR count). The Morgan fingerprint density at radius 1 is 1.14 bits per heavy atom. The van der Waals surface area contributed by atoms with E-state index >= 15 is 0 Å². The zero-order valence-electron chi connectivity index (χ0n) is 13.0. The summed E-state index contributed by atoms with van der Waals surface area (Å²) in [4.78, 5) is 22.6. The number of carbonyl (C=O) groups excluding carboxylic acids is 1. The minimum Gasteiger partial charge on any atom is -0.356 e. The zero-order valence-corrected chi connectivity index (χ0v) is 13.0. The lowest BCUT2D eigenvalue weighted by atomic mass is 10.1. The quantitative estimate of drug-likeness (QED) is 0.877. The first-order valence-electron chi connectivity index (χ1n) is 7.60. The molecule has 0 atom stereocenters. The fraction of sp³-hybridized carbons (Fsp3) is 0.353. The molecular formula is C17H20N4O. The number of nitrogens with zero attached hydrogens (tertiary/aromatic N) is 3. The molecule has 2 heterocycles. The third kappa shape index (κ3) is 3.24. The maximum Gasteiger partial charge on any atom is 0.229 e. The van der Waals surface area contributed by atoms with E-state index in [4.69, 9.17) is 0 Å². The topological polar surface area (TPSA) is 58.1 Å². The molecule has 22 heavy (non-hydrogen) atoms. The van der Waals surface area contributed by atoms with Gasteiger partial charge in [-0.1, -0.05) is 0 Å². The highest BCUT2D eigenvalue weighted by Gasteiger charge is 2.15. The van der Waals surface area contributed by atoms with E-state index in [9.17, 15) is 4.79 Å². The Bertz CT molecular complexity index is 676. The normalized spacial score (nSPS) is 14.2. The number of hydrogen-bond acceptors (Lipinski definition) is 5. The smallest absolute Gasteiger partial charge is 0.229 e. The Kier molecular flexibility index (Phi) is 4.04. The SMILES string of the molecule is CC(=O)c1ccc(Nc2nc(C)cc(N3CCCC3)n2)cc1. The van der Waals surface area contributed by atoms with Crippen molar-refractivity contribution in [2.24, 2.45) is 0 Å². The molecule has 0 amide bonds. The summed E-state index contributed by atoms with van der Waals surface area (Å²) in [6.45, 7) is 5.66. The highest BCUT2D eigenvalue weighted by Crippen LogP contribution is 2.21. The molecule has 1 aliphatic heterocycles. The summed E-state index contributed by atoms with van der Waals surface area (Å²) < 4.78 is 0. The largest absolute Gasteiger partial charge is 0.356 e. The van der Waals surface area contributed by atoms with Gasteiger partial charge in [-0.15, -0.1) is 0 Å². The maximum atomic E-state index is 11.3. The Balaban J connectivity index is 1.80. The molecular weight excluding hydrogens is 276 g/mol. The van der Waals surface area contributed by atoms with Crippen LogP contribution in [0.4, 0.5) is 17.5 Å². The lowest BCUT2D eigenvalue weighted by molar-refractivity contribution is 0.101. The summed E-state index contributed by atoms with van der Waals surface area (Å²) in [7, 11) is 0. The van der Waals surface area contributed by atoms with Crippen molar-refractivity contribution in [2.75, 3.05) is 23.3 Å². The molecule has 1 saturated heterocycles. The first-order valence-corrected chi connectivity index (χ1v) is 7.60. The Labute approximate surface area is 130 Å². The predicted molar refractivity (Wildman–Crippen MR) is 87.9 cm³/mol. The number of benzene rings is 1. The van der Waals surface area contributed by atoms with Crippen LogP contribution >= 0.6 is 0 Å². The number of anilines is 3. The molecule has 1 N–H and O–H groups in total. The minimum atomic E-state index is 0.0645. The van der Waals surface area contributed by atoms with Crippen LogP contribution in [-0.2, 0) is 0 Å². The molecule has 0 spiro atoms. The van der Waals surface area contributed by atoms with Gasteiger partial charge in [0.15, 0.2) is 5.78 Å². The van der Waals surface area contributed by atoms with E-state index in [0.717, 1.165) is 30.3 Å². The molecule has 5 nitrogen and oxygen atoms in total. The maximum absolute atomic E-state index is 11.3. The fourth-order valence-electron chi connectivity index (χ4n) is 2.63. The van der Waals surface area contributed by atoms with E-state index in [1.807, 2.05) is 37.3 Å². The van der Waals surface area contributed by atoms with Gasteiger partial charge in [-0.05, 0) is 51.0 Å². The number of aryl methyl sites for hydroxylation is 1. The average molecular weight is 296 g/mol. The highest BCUT2D eigenvalue weighted by atomic mass is 16.1. The molecule has 1 aliphatic rings. The van der Waals surface area contributed by atoms with E-state index in [1.165, 1.54) is 12.8 Å². The lowest BCUT2D eigenvalue weighted by Gasteiger charge is -2.17. The molecule has 1 fully saturated rings.